The van der Waals surface area contributed by atoms with Crippen molar-refractivity contribution < 1.29 is 37.3 Å². The van der Waals surface area contributed by atoms with E-state index in [0.29, 0.717) is 17.4 Å². The molecule has 3 unspecified atom stereocenters. The van der Waals surface area contributed by atoms with Crippen molar-refractivity contribution in [2.45, 2.75) is 425 Å². The average Bonchev–Trinajstić information content (AvgIpc) is 3.66. The normalized spacial score (nSPS) is 13.4. The molecule has 1 N–H and O–H groups in total. The van der Waals surface area contributed by atoms with Crippen LogP contribution in [0.5, 0.6) is 0 Å². The van der Waals surface area contributed by atoms with E-state index in [1.54, 1.807) is 0 Å². The minimum absolute atomic E-state index is 0.0163. The minimum atomic E-state index is -4.70. The Morgan fingerprint density at radius 1 is 0.395 bits per heavy atom. The number of nitrogens with one attached hydrogen (secondary N) is 1. The molecule has 0 radical (unpaired) electrons. The summed E-state index contributed by atoms with van der Waals surface area (Å²) in [7, 11) is 1.22. The monoisotopic (exact) mass is 1240 g/mol. The Labute approximate surface area is 537 Å². The Balaban J connectivity index is 4.90. The van der Waals surface area contributed by atoms with Gasteiger partial charge in [0.25, 0.3) is 7.82 Å². The fraction of sp³-hybridized carbons (Fsp3) is 0.947. The first-order valence-corrected chi connectivity index (χ1v) is 40.0. The third-order valence-corrected chi connectivity index (χ3v) is 18.9. The van der Waals surface area contributed by atoms with Crippen LogP contribution in [0.2, 0.25) is 0 Å². The summed E-state index contributed by atoms with van der Waals surface area (Å²) in [6.07, 6.45) is 80.7. The second-order valence-electron chi connectivity index (χ2n) is 27.9. The third-order valence-electron chi connectivity index (χ3n) is 18.0. The molecule has 0 heterocycles. The topological polar surface area (TPSA) is 114 Å². The van der Waals surface area contributed by atoms with Crippen LogP contribution in [0.3, 0.4) is 0 Å². The van der Waals surface area contributed by atoms with Gasteiger partial charge in [0.05, 0.1) is 33.8 Å². The molecule has 0 saturated heterocycles. The summed E-state index contributed by atoms with van der Waals surface area (Å²) in [5, 5.41) is 3.06. The van der Waals surface area contributed by atoms with Crippen molar-refractivity contribution in [1.29, 1.82) is 0 Å². The summed E-state index contributed by atoms with van der Waals surface area (Å²) in [5.41, 5.74) is 0. The molecule has 0 aliphatic heterocycles. The van der Waals surface area contributed by atoms with E-state index < -0.39 is 20.0 Å². The number of quaternary nitrogens is 1. The highest BCUT2D eigenvalue weighted by molar-refractivity contribution is 7.45. The fourth-order valence-electron chi connectivity index (χ4n) is 12.1. The van der Waals surface area contributed by atoms with Gasteiger partial charge in [-0.1, -0.05) is 380 Å². The first kappa shape index (κ1) is 84.8. The number of phosphoric ester groups is 1. The molecule has 86 heavy (non-hydrogen) atoms. The Kier molecular flexibility index (Phi) is 65.7. The molecule has 0 spiro atoms. The van der Waals surface area contributed by atoms with Crippen molar-refractivity contribution in [1.82, 2.24) is 5.32 Å². The Morgan fingerprint density at radius 2 is 0.663 bits per heavy atom. The van der Waals surface area contributed by atoms with Crippen LogP contribution in [0.4, 0.5) is 0 Å². The quantitative estimate of drug-likeness (QED) is 0.0212. The summed E-state index contributed by atoms with van der Waals surface area (Å²) < 4.78 is 30.5. The van der Waals surface area contributed by atoms with E-state index in [-0.39, 0.29) is 31.5 Å². The van der Waals surface area contributed by atoms with E-state index in [9.17, 15) is 19.0 Å². The number of hydrogen-bond donors (Lipinski definition) is 1. The van der Waals surface area contributed by atoms with Gasteiger partial charge in [0.2, 0.25) is 5.91 Å². The molecule has 9 nitrogen and oxygen atoms in total. The van der Waals surface area contributed by atoms with Crippen molar-refractivity contribution in [3.63, 3.8) is 0 Å². The number of allylic oxidation sites excluding steroid dienone is 1. The Morgan fingerprint density at radius 3 is 0.953 bits per heavy atom. The van der Waals surface area contributed by atoms with E-state index >= 15 is 0 Å². The number of phosphoric acid groups is 1. The van der Waals surface area contributed by atoms with Crippen LogP contribution in [0.15, 0.2) is 12.2 Å². The maximum Gasteiger partial charge on any atom is 0.306 e. The zero-order chi connectivity index (χ0) is 62.8. The molecule has 0 rings (SSSR count). The number of ether oxygens (including phenoxy) is 1. The van der Waals surface area contributed by atoms with Gasteiger partial charge in [-0.2, -0.15) is 0 Å². The number of esters is 1. The Hall–Kier alpha value is -1.25. The first-order chi connectivity index (χ1) is 41.9. The second-order valence-corrected chi connectivity index (χ2v) is 29.3. The smallest absolute Gasteiger partial charge is 0.306 e. The van der Waals surface area contributed by atoms with Crippen LogP contribution < -0.4 is 10.2 Å². The second kappa shape index (κ2) is 66.7. The van der Waals surface area contributed by atoms with Gasteiger partial charge in [-0.25, -0.2) is 0 Å². The number of nitrogens with zero attached hydrogens (tertiary/aromatic N) is 1. The molecule has 1 amide bonds. The van der Waals surface area contributed by atoms with Crippen molar-refractivity contribution in [2.24, 2.45) is 0 Å². The summed E-state index contributed by atoms with van der Waals surface area (Å²) >= 11 is 0. The van der Waals surface area contributed by atoms with Crippen molar-refractivity contribution in [3.05, 3.63) is 12.2 Å². The standard InChI is InChI=1S/C76H151N2O7P/c1-7-10-13-16-19-22-25-28-30-32-34-36-37-38-39-40-41-43-44-46-48-50-53-56-59-62-65-68-75(79)77-73(72-84-86(81,82)83-71-70-78(4,5)6)74(67-64-61-58-55-52-27-24-21-18-15-12-9-3)85-76(80)69-66-63-60-57-54-51-49-47-45-42-35-33-31-29-26-23-20-17-14-11-8-2/h64,67,73-74H,7-63,65-66,68-72H2,1-6H3,(H-,77,79,81,82)/b67-64+. The number of likely N-dealkylation sites (N-methyl/N-ethyl adjacent to an activating group) is 1. The lowest BCUT2D eigenvalue weighted by Gasteiger charge is -2.30. The highest BCUT2D eigenvalue weighted by Crippen LogP contribution is 2.38. The van der Waals surface area contributed by atoms with Crippen molar-refractivity contribution in [3.8, 4) is 0 Å². The molecule has 10 heteroatoms. The van der Waals surface area contributed by atoms with Gasteiger partial charge in [-0.05, 0) is 31.8 Å². The highest BCUT2D eigenvalue weighted by Gasteiger charge is 2.27. The van der Waals surface area contributed by atoms with E-state index in [0.717, 1.165) is 57.8 Å². The lowest BCUT2D eigenvalue weighted by Crippen LogP contribution is -2.47. The molecule has 0 aliphatic rings. The highest BCUT2D eigenvalue weighted by atomic mass is 31.2. The predicted molar refractivity (Wildman–Crippen MR) is 372 cm³/mol. The van der Waals surface area contributed by atoms with E-state index in [2.05, 4.69) is 26.1 Å². The predicted octanol–water partition coefficient (Wildman–Crippen LogP) is 24.0. The molecule has 0 aromatic carbocycles. The van der Waals surface area contributed by atoms with Crippen LogP contribution in [0, 0.1) is 0 Å². The molecule has 0 aliphatic carbocycles. The van der Waals surface area contributed by atoms with E-state index in [4.69, 9.17) is 13.8 Å². The van der Waals surface area contributed by atoms with Crippen LogP contribution in [0.25, 0.3) is 0 Å². The third kappa shape index (κ3) is 67.2. The molecular formula is C76H151N2O7P. The summed E-state index contributed by atoms with van der Waals surface area (Å²) in [4.78, 5) is 40.3. The van der Waals surface area contributed by atoms with Crippen LogP contribution in [0.1, 0.15) is 412 Å². The summed E-state index contributed by atoms with van der Waals surface area (Å²) in [6, 6.07) is -0.881. The maximum atomic E-state index is 13.6. The number of carbonyl (C=O) groups excluding carboxylic acids is 2. The zero-order valence-electron chi connectivity index (χ0n) is 58.8. The van der Waals surface area contributed by atoms with Gasteiger partial charge < -0.3 is 28.5 Å². The largest absolute Gasteiger partial charge is 0.756 e. The molecule has 0 aromatic rings. The van der Waals surface area contributed by atoms with Gasteiger partial charge >= 0.3 is 5.97 Å². The zero-order valence-corrected chi connectivity index (χ0v) is 59.7. The van der Waals surface area contributed by atoms with Gasteiger partial charge in [-0.15, -0.1) is 0 Å². The molecule has 3 atom stereocenters. The number of carbonyl (C=O) groups is 2. The number of amides is 1. The summed E-state index contributed by atoms with van der Waals surface area (Å²) in [6.45, 7) is 6.94. The van der Waals surface area contributed by atoms with E-state index in [1.807, 2.05) is 33.3 Å². The van der Waals surface area contributed by atoms with E-state index in [1.165, 1.54) is 321 Å². The lowest BCUT2D eigenvalue weighted by molar-refractivity contribution is -0.870. The molecule has 0 saturated carbocycles. The fourth-order valence-corrected chi connectivity index (χ4v) is 12.8. The number of rotatable bonds is 72. The molecule has 512 valence electrons. The molecule has 0 aromatic heterocycles. The minimum Gasteiger partial charge on any atom is -0.756 e. The van der Waals surface area contributed by atoms with Crippen LogP contribution >= 0.6 is 7.82 Å². The van der Waals surface area contributed by atoms with Gasteiger partial charge in [0.1, 0.15) is 19.3 Å². The lowest BCUT2D eigenvalue weighted by atomic mass is 10.0. The van der Waals surface area contributed by atoms with Crippen LogP contribution in [-0.4, -0.2) is 69.4 Å². The Bertz CT molecular complexity index is 1470. The first-order valence-electron chi connectivity index (χ1n) is 38.5. The average molecular weight is 1240 g/mol. The van der Waals surface area contributed by atoms with Crippen LogP contribution in [-0.2, 0) is 27.9 Å². The van der Waals surface area contributed by atoms with Gasteiger partial charge in [0, 0.05) is 12.8 Å². The van der Waals surface area contributed by atoms with Crippen molar-refractivity contribution in [2.75, 3.05) is 40.9 Å². The maximum absolute atomic E-state index is 13.6. The molecular weight excluding hydrogens is 1080 g/mol. The molecule has 0 fully saturated rings. The number of unbranched alkanes of at least 4 members (excludes halogenated alkanes) is 56. The molecule has 0 bridgehead atoms. The summed E-state index contributed by atoms with van der Waals surface area (Å²) in [5.74, 6) is -0.510. The van der Waals surface area contributed by atoms with Crippen molar-refractivity contribution >= 4 is 19.7 Å². The SMILES string of the molecule is CCCCCCCCCCCC/C=C/C(OC(=O)CCCCCCCCCCCCCCCCCCCCCCC)C(COP(=O)([O-])OCC[N+](C)(C)C)NC(=O)CCCCCCCCCCCCCCCCCCCCCCCCCCCCC. The van der Waals surface area contributed by atoms with Gasteiger partial charge in [0.15, 0.2) is 0 Å². The van der Waals surface area contributed by atoms with Gasteiger partial charge in [-0.3, -0.25) is 14.2 Å². The number of hydrogen-bond acceptors (Lipinski definition) is 7.